The Labute approximate surface area is 192 Å². The Bertz CT molecular complexity index is 1470. The third kappa shape index (κ3) is 3.87. The van der Waals surface area contributed by atoms with Crippen molar-refractivity contribution in [3.8, 4) is 0 Å². The Morgan fingerprint density at radius 3 is 2.58 bits per heavy atom. The van der Waals surface area contributed by atoms with E-state index in [-0.39, 0.29) is 12.1 Å². The van der Waals surface area contributed by atoms with Gasteiger partial charge in [-0.2, -0.15) is 0 Å². The van der Waals surface area contributed by atoms with Crippen molar-refractivity contribution < 1.29 is 18.4 Å². The third-order valence-corrected chi connectivity index (χ3v) is 5.76. The fourth-order valence-electron chi connectivity index (χ4n) is 4.04. The van der Waals surface area contributed by atoms with Gasteiger partial charge in [0, 0.05) is 21.7 Å². The maximum absolute atomic E-state index is 13.7. The first kappa shape index (κ1) is 20.9. The van der Waals surface area contributed by atoms with Crippen molar-refractivity contribution in [3.05, 3.63) is 111 Å². The van der Waals surface area contributed by atoms with E-state index in [1.54, 1.807) is 42.5 Å². The second-order valence-electron chi connectivity index (χ2n) is 7.65. The topological polar surface area (TPSA) is 79.6 Å². The van der Waals surface area contributed by atoms with Crippen molar-refractivity contribution in [1.82, 2.24) is 4.90 Å². The van der Waals surface area contributed by atoms with E-state index in [9.17, 15) is 18.8 Å². The number of halogens is 2. The molecular formula is C25H16ClFN2O4. The summed E-state index contributed by atoms with van der Waals surface area (Å²) in [6.07, 6.45) is 0. The van der Waals surface area contributed by atoms with Crippen LogP contribution in [-0.4, -0.2) is 23.3 Å². The zero-order valence-corrected chi connectivity index (χ0v) is 17.8. The zero-order valence-electron chi connectivity index (χ0n) is 17.0. The summed E-state index contributed by atoms with van der Waals surface area (Å²) in [5.74, 6) is -1.57. The summed E-state index contributed by atoms with van der Waals surface area (Å²) in [7, 11) is 0. The molecule has 0 spiro atoms. The van der Waals surface area contributed by atoms with Gasteiger partial charge in [-0.25, -0.2) is 9.18 Å². The smallest absolute Gasteiger partial charge is 0.349 e. The highest BCUT2D eigenvalue weighted by molar-refractivity contribution is 6.30. The maximum atomic E-state index is 13.7. The number of nitrogens with zero attached hydrogens (tertiary/aromatic N) is 1. The molecule has 0 radical (unpaired) electrons. The SMILES string of the molecule is O=C1CN(C(=O)c2cc3ccccc3oc2=O)[C@@H](c2ccc(F)cc2)c2cc(Cl)ccc2N1. The minimum atomic E-state index is -0.812. The number of amides is 2. The summed E-state index contributed by atoms with van der Waals surface area (Å²) >= 11 is 6.24. The number of nitrogens with one attached hydrogen (secondary N) is 1. The predicted molar refractivity (Wildman–Crippen MR) is 122 cm³/mol. The van der Waals surface area contributed by atoms with Crippen LogP contribution in [0.3, 0.4) is 0 Å². The monoisotopic (exact) mass is 462 g/mol. The molecule has 2 heterocycles. The van der Waals surface area contributed by atoms with Gasteiger partial charge >= 0.3 is 5.63 Å². The molecule has 1 N–H and O–H groups in total. The van der Waals surface area contributed by atoms with Gasteiger partial charge in [0.05, 0.1) is 6.04 Å². The molecule has 0 aliphatic carbocycles. The molecule has 8 heteroatoms. The summed E-state index contributed by atoms with van der Waals surface area (Å²) in [6.45, 7) is -0.334. The highest BCUT2D eigenvalue weighted by Gasteiger charge is 2.35. The van der Waals surface area contributed by atoms with Crippen LogP contribution in [0.2, 0.25) is 5.02 Å². The molecule has 0 bridgehead atoms. The van der Waals surface area contributed by atoms with Gasteiger partial charge in [-0.3, -0.25) is 9.59 Å². The molecule has 0 fully saturated rings. The average Bonchev–Trinajstić information content (AvgIpc) is 2.94. The van der Waals surface area contributed by atoms with E-state index in [0.717, 1.165) is 0 Å². The number of rotatable bonds is 2. The summed E-state index contributed by atoms with van der Waals surface area (Å²) in [6, 6.07) is 18.0. The van der Waals surface area contributed by atoms with Crippen molar-refractivity contribution in [2.75, 3.05) is 11.9 Å². The first-order chi connectivity index (χ1) is 15.9. The number of anilines is 1. The van der Waals surface area contributed by atoms with E-state index in [1.165, 1.54) is 35.2 Å². The standard InChI is InChI=1S/C25H16ClFN2O4/c26-16-7-10-20-18(12-16)23(14-5-8-17(27)9-6-14)29(13-22(30)28-20)24(31)19-11-15-3-1-2-4-21(15)33-25(19)32/h1-12,23H,13H2,(H,28,30)/t23-/m0/s1. The minimum absolute atomic E-state index is 0.209. The Kier molecular flexibility index (Phi) is 5.18. The van der Waals surface area contributed by atoms with E-state index in [0.29, 0.717) is 32.8 Å². The Morgan fingerprint density at radius 2 is 1.79 bits per heavy atom. The van der Waals surface area contributed by atoms with Crippen LogP contribution in [0.15, 0.2) is 82.0 Å². The maximum Gasteiger partial charge on any atom is 0.349 e. The number of para-hydroxylation sites is 1. The Hall–Kier alpha value is -3.97. The molecule has 4 aromatic rings. The van der Waals surface area contributed by atoms with Crippen LogP contribution in [0.5, 0.6) is 0 Å². The van der Waals surface area contributed by atoms with Crippen molar-refractivity contribution >= 4 is 40.1 Å². The fourth-order valence-corrected chi connectivity index (χ4v) is 4.22. The number of benzene rings is 3. The molecule has 1 aromatic heterocycles. The molecule has 0 saturated heterocycles. The summed E-state index contributed by atoms with van der Waals surface area (Å²) in [5.41, 5.74) is 0.888. The van der Waals surface area contributed by atoms with Crippen LogP contribution < -0.4 is 10.9 Å². The average molecular weight is 463 g/mol. The Balaban J connectivity index is 1.70. The normalized spacial score (nSPS) is 15.6. The summed E-state index contributed by atoms with van der Waals surface area (Å²) in [5, 5.41) is 3.74. The van der Waals surface area contributed by atoms with Gasteiger partial charge < -0.3 is 14.6 Å². The quantitative estimate of drug-likeness (QED) is 0.435. The summed E-state index contributed by atoms with van der Waals surface area (Å²) < 4.78 is 19.0. The van der Waals surface area contributed by atoms with Crippen LogP contribution in [0.4, 0.5) is 10.1 Å². The second-order valence-corrected chi connectivity index (χ2v) is 8.09. The lowest BCUT2D eigenvalue weighted by molar-refractivity contribution is -0.117. The fraction of sp³-hybridized carbons (Fsp3) is 0.0800. The third-order valence-electron chi connectivity index (χ3n) is 5.53. The number of fused-ring (bicyclic) bond motifs is 2. The van der Waals surface area contributed by atoms with E-state index in [1.807, 2.05) is 0 Å². The van der Waals surface area contributed by atoms with Gasteiger partial charge in [-0.15, -0.1) is 0 Å². The summed E-state index contributed by atoms with van der Waals surface area (Å²) in [4.78, 5) is 40.3. The highest BCUT2D eigenvalue weighted by Crippen LogP contribution is 2.38. The van der Waals surface area contributed by atoms with Crippen LogP contribution in [0.25, 0.3) is 11.0 Å². The molecular weight excluding hydrogens is 447 g/mol. The Morgan fingerprint density at radius 1 is 1.03 bits per heavy atom. The van der Waals surface area contributed by atoms with Crippen LogP contribution in [0, 0.1) is 5.82 Å². The first-order valence-electron chi connectivity index (χ1n) is 10.1. The lowest BCUT2D eigenvalue weighted by Gasteiger charge is -2.30. The van der Waals surface area contributed by atoms with Crippen molar-refractivity contribution in [2.24, 2.45) is 0 Å². The van der Waals surface area contributed by atoms with Gasteiger partial charge in [0.15, 0.2) is 0 Å². The molecule has 33 heavy (non-hydrogen) atoms. The molecule has 1 atom stereocenters. The van der Waals surface area contributed by atoms with E-state index < -0.39 is 29.3 Å². The minimum Gasteiger partial charge on any atom is -0.422 e. The molecule has 1 aliphatic rings. The van der Waals surface area contributed by atoms with Crippen LogP contribution >= 0.6 is 11.6 Å². The van der Waals surface area contributed by atoms with Crippen LogP contribution in [0.1, 0.15) is 27.5 Å². The molecule has 2 amide bonds. The lowest BCUT2D eigenvalue weighted by Crippen LogP contribution is -2.40. The van der Waals surface area contributed by atoms with E-state index in [4.69, 9.17) is 16.0 Å². The number of hydrogen-bond donors (Lipinski definition) is 1. The van der Waals surface area contributed by atoms with E-state index >= 15 is 0 Å². The largest absolute Gasteiger partial charge is 0.422 e. The molecule has 5 rings (SSSR count). The van der Waals surface area contributed by atoms with Gasteiger partial charge in [0.2, 0.25) is 5.91 Å². The second kappa shape index (κ2) is 8.18. The predicted octanol–water partition coefficient (Wildman–Crippen LogP) is 4.77. The number of hydrogen-bond acceptors (Lipinski definition) is 4. The van der Waals surface area contributed by atoms with Crippen molar-refractivity contribution in [3.63, 3.8) is 0 Å². The molecule has 1 aliphatic heterocycles. The van der Waals surface area contributed by atoms with Crippen LogP contribution in [-0.2, 0) is 4.79 Å². The van der Waals surface area contributed by atoms with Gasteiger partial charge in [0.25, 0.3) is 5.91 Å². The number of carbonyl (C=O) groups excluding carboxylic acids is 2. The van der Waals surface area contributed by atoms with Crippen molar-refractivity contribution in [2.45, 2.75) is 6.04 Å². The lowest BCUT2D eigenvalue weighted by atomic mass is 9.95. The van der Waals surface area contributed by atoms with Gasteiger partial charge in [0.1, 0.15) is 23.5 Å². The van der Waals surface area contributed by atoms with Gasteiger partial charge in [-0.1, -0.05) is 41.9 Å². The van der Waals surface area contributed by atoms with Crippen molar-refractivity contribution in [1.29, 1.82) is 0 Å². The van der Waals surface area contributed by atoms with E-state index in [2.05, 4.69) is 5.32 Å². The highest BCUT2D eigenvalue weighted by atomic mass is 35.5. The molecule has 164 valence electrons. The first-order valence-corrected chi connectivity index (χ1v) is 10.5. The van der Waals surface area contributed by atoms with Gasteiger partial charge in [-0.05, 0) is 48.0 Å². The molecule has 3 aromatic carbocycles. The molecule has 6 nitrogen and oxygen atoms in total. The zero-order chi connectivity index (χ0) is 23.1. The number of carbonyl (C=O) groups is 2. The molecule has 0 saturated carbocycles. The molecule has 0 unspecified atom stereocenters.